The van der Waals surface area contributed by atoms with Crippen LogP contribution in [0.15, 0.2) is 36.5 Å². The van der Waals surface area contributed by atoms with Gasteiger partial charge in [-0.15, -0.1) is 0 Å². The fraction of sp³-hybridized carbons (Fsp3) is 0.235. The number of aromatic nitrogens is 3. The summed E-state index contributed by atoms with van der Waals surface area (Å²) in [5.74, 6) is -0.638. The molecule has 3 aromatic rings. The molecule has 130 valence electrons. The van der Waals surface area contributed by atoms with Crippen LogP contribution < -0.4 is 0 Å². The van der Waals surface area contributed by atoms with Crippen molar-refractivity contribution in [2.24, 2.45) is 0 Å². The molecule has 0 fully saturated rings. The molecule has 0 bridgehead atoms. The van der Waals surface area contributed by atoms with Crippen LogP contribution in [0.5, 0.6) is 0 Å². The third kappa shape index (κ3) is 3.07. The van der Waals surface area contributed by atoms with Gasteiger partial charge in [-0.2, -0.15) is 18.3 Å². The van der Waals surface area contributed by atoms with Crippen LogP contribution in [0.4, 0.5) is 13.2 Å². The largest absolute Gasteiger partial charge is 0.461 e. The van der Waals surface area contributed by atoms with E-state index in [0.717, 1.165) is 6.07 Å². The number of rotatable bonds is 3. The molecule has 0 atom stereocenters. The zero-order valence-electron chi connectivity index (χ0n) is 13.5. The molecule has 2 aromatic heterocycles. The van der Waals surface area contributed by atoms with E-state index in [2.05, 4.69) is 10.1 Å². The van der Waals surface area contributed by atoms with Crippen molar-refractivity contribution in [2.45, 2.75) is 20.0 Å². The van der Waals surface area contributed by atoms with E-state index in [4.69, 9.17) is 4.74 Å². The van der Waals surface area contributed by atoms with Gasteiger partial charge in [-0.1, -0.05) is 18.2 Å². The van der Waals surface area contributed by atoms with E-state index in [-0.39, 0.29) is 23.6 Å². The summed E-state index contributed by atoms with van der Waals surface area (Å²) in [6.07, 6.45) is -3.22. The molecular weight excluding hydrogens is 335 g/mol. The van der Waals surface area contributed by atoms with Crippen LogP contribution in [0, 0.1) is 6.92 Å². The number of esters is 1. The van der Waals surface area contributed by atoms with E-state index < -0.39 is 17.7 Å². The lowest BCUT2D eigenvalue weighted by Crippen LogP contribution is -2.12. The zero-order valence-corrected chi connectivity index (χ0v) is 13.5. The van der Waals surface area contributed by atoms with Crippen molar-refractivity contribution in [3.05, 3.63) is 53.3 Å². The normalized spacial score (nSPS) is 11.7. The summed E-state index contributed by atoms with van der Waals surface area (Å²) in [7, 11) is 0. The summed E-state index contributed by atoms with van der Waals surface area (Å²) in [4.78, 5) is 16.0. The lowest BCUT2D eigenvalue weighted by Gasteiger charge is -2.14. The molecule has 0 aliphatic heterocycles. The molecule has 8 heteroatoms. The first-order valence-electron chi connectivity index (χ1n) is 7.52. The van der Waals surface area contributed by atoms with Crippen LogP contribution in [-0.4, -0.2) is 27.2 Å². The summed E-state index contributed by atoms with van der Waals surface area (Å²) in [6, 6.07) is 6.77. The Morgan fingerprint density at radius 3 is 2.68 bits per heavy atom. The Hall–Kier alpha value is -2.90. The minimum atomic E-state index is -4.52. The maximum Gasteiger partial charge on any atom is 0.417 e. The molecule has 3 rings (SSSR count). The number of imidazole rings is 1. The molecule has 1 aromatic carbocycles. The molecule has 2 heterocycles. The maximum atomic E-state index is 13.3. The number of alkyl halides is 3. The molecule has 0 N–H and O–H groups in total. The molecule has 25 heavy (non-hydrogen) atoms. The van der Waals surface area contributed by atoms with E-state index >= 15 is 0 Å². The zero-order chi connectivity index (χ0) is 18.2. The number of ether oxygens (including phenoxy) is 1. The maximum absolute atomic E-state index is 13.3. The first kappa shape index (κ1) is 16.9. The lowest BCUT2D eigenvalue weighted by atomic mass is 10.0. The first-order valence-corrected chi connectivity index (χ1v) is 7.52. The van der Waals surface area contributed by atoms with Crippen molar-refractivity contribution in [3.8, 4) is 11.3 Å². The Kier molecular flexibility index (Phi) is 4.20. The summed E-state index contributed by atoms with van der Waals surface area (Å²) in [5, 5.41) is 4.24. The Balaban J connectivity index is 2.23. The second-order valence-corrected chi connectivity index (χ2v) is 5.35. The number of fused-ring (bicyclic) bond motifs is 1. The van der Waals surface area contributed by atoms with Crippen molar-refractivity contribution < 1.29 is 22.7 Å². The van der Waals surface area contributed by atoms with Crippen molar-refractivity contribution >= 4 is 11.6 Å². The molecule has 5 nitrogen and oxygen atoms in total. The van der Waals surface area contributed by atoms with Gasteiger partial charge in [0.2, 0.25) is 0 Å². The second-order valence-electron chi connectivity index (χ2n) is 5.35. The number of hydrogen-bond donors (Lipinski definition) is 0. The van der Waals surface area contributed by atoms with Gasteiger partial charge < -0.3 is 4.74 Å². The molecule has 0 aliphatic carbocycles. The number of hydrogen-bond acceptors (Lipinski definition) is 4. The van der Waals surface area contributed by atoms with Gasteiger partial charge in [0.25, 0.3) is 0 Å². The fourth-order valence-corrected chi connectivity index (χ4v) is 2.55. The lowest BCUT2D eigenvalue weighted by molar-refractivity contribution is -0.137. The summed E-state index contributed by atoms with van der Waals surface area (Å²) in [6.45, 7) is 3.47. The van der Waals surface area contributed by atoms with Gasteiger partial charge in [0.05, 0.1) is 24.1 Å². The van der Waals surface area contributed by atoms with Gasteiger partial charge in [-0.05, 0) is 31.5 Å². The number of halogens is 3. The number of carbonyl (C=O) groups excluding carboxylic acids is 1. The molecule has 0 amide bonds. The highest BCUT2D eigenvalue weighted by Crippen LogP contribution is 2.37. The predicted molar refractivity (Wildman–Crippen MR) is 84.1 cm³/mol. The van der Waals surface area contributed by atoms with Gasteiger partial charge in [0.1, 0.15) is 0 Å². The van der Waals surface area contributed by atoms with Gasteiger partial charge in [0, 0.05) is 5.56 Å². The Labute approximate surface area is 141 Å². The Morgan fingerprint density at radius 1 is 1.28 bits per heavy atom. The highest BCUT2D eigenvalue weighted by atomic mass is 19.4. The van der Waals surface area contributed by atoms with E-state index in [1.807, 2.05) is 0 Å². The van der Waals surface area contributed by atoms with Crippen molar-refractivity contribution in [2.75, 3.05) is 6.61 Å². The van der Waals surface area contributed by atoms with Gasteiger partial charge in [-0.25, -0.2) is 14.3 Å². The molecule has 0 saturated carbocycles. The second kappa shape index (κ2) is 6.19. The SMILES string of the molecule is CCOC(=O)c1cnc2cc(C)c(-c3ccccc3C(F)(F)F)nn12. The third-order valence-corrected chi connectivity index (χ3v) is 3.66. The molecule has 0 saturated heterocycles. The van der Waals surface area contributed by atoms with E-state index in [9.17, 15) is 18.0 Å². The Morgan fingerprint density at radius 2 is 2.00 bits per heavy atom. The van der Waals surface area contributed by atoms with Gasteiger partial charge in [0.15, 0.2) is 11.3 Å². The number of nitrogens with zero attached hydrogens (tertiary/aromatic N) is 3. The molecule has 0 spiro atoms. The van der Waals surface area contributed by atoms with E-state index in [1.165, 1.54) is 28.9 Å². The minimum Gasteiger partial charge on any atom is -0.461 e. The standard InChI is InChI=1S/C17H14F3N3O2/c1-3-25-16(24)13-9-21-14-8-10(2)15(22-23(13)14)11-6-4-5-7-12(11)17(18,19)20/h4-9H,3H2,1-2H3. The van der Waals surface area contributed by atoms with Crippen LogP contribution in [-0.2, 0) is 10.9 Å². The van der Waals surface area contributed by atoms with Crippen LogP contribution in [0.3, 0.4) is 0 Å². The van der Waals surface area contributed by atoms with Crippen molar-refractivity contribution in [1.29, 1.82) is 0 Å². The number of aryl methyl sites for hydroxylation is 1. The van der Waals surface area contributed by atoms with Crippen LogP contribution >= 0.6 is 0 Å². The molecular formula is C17H14F3N3O2. The minimum absolute atomic E-state index is 0.0575. The average molecular weight is 349 g/mol. The smallest absolute Gasteiger partial charge is 0.417 e. The number of benzene rings is 1. The van der Waals surface area contributed by atoms with E-state index in [0.29, 0.717) is 11.2 Å². The van der Waals surface area contributed by atoms with Crippen LogP contribution in [0.2, 0.25) is 0 Å². The summed E-state index contributed by atoms with van der Waals surface area (Å²) < 4.78 is 46.0. The fourth-order valence-electron chi connectivity index (χ4n) is 2.55. The molecule has 0 radical (unpaired) electrons. The average Bonchev–Trinajstić information content (AvgIpc) is 2.96. The highest BCUT2D eigenvalue weighted by Gasteiger charge is 2.34. The highest BCUT2D eigenvalue weighted by molar-refractivity contribution is 5.88. The monoisotopic (exact) mass is 349 g/mol. The van der Waals surface area contributed by atoms with Gasteiger partial charge in [-0.3, -0.25) is 0 Å². The quantitative estimate of drug-likeness (QED) is 0.673. The number of carbonyl (C=O) groups is 1. The molecule has 0 unspecified atom stereocenters. The topological polar surface area (TPSA) is 56.5 Å². The Bertz CT molecular complexity index is 948. The van der Waals surface area contributed by atoms with Gasteiger partial charge >= 0.3 is 12.1 Å². The van der Waals surface area contributed by atoms with E-state index in [1.54, 1.807) is 19.9 Å². The predicted octanol–water partition coefficient (Wildman–Crippen LogP) is 3.90. The van der Waals surface area contributed by atoms with Crippen molar-refractivity contribution in [1.82, 2.24) is 14.6 Å². The molecule has 0 aliphatic rings. The summed E-state index contributed by atoms with van der Waals surface area (Å²) >= 11 is 0. The third-order valence-electron chi connectivity index (χ3n) is 3.66. The van der Waals surface area contributed by atoms with Crippen LogP contribution in [0.25, 0.3) is 16.9 Å². The summed E-state index contributed by atoms with van der Waals surface area (Å²) in [5.41, 5.74) is 0.214. The first-order chi connectivity index (χ1) is 11.8. The van der Waals surface area contributed by atoms with Crippen LogP contribution in [0.1, 0.15) is 28.5 Å². The van der Waals surface area contributed by atoms with Crippen molar-refractivity contribution in [3.63, 3.8) is 0 Å².